The molecule has 0 heterocycles. The van der Waals surface area contributed by atoms with Gasteiger partial charge in [0, 0.05) is 13.6 Å². The van der Waals surface area contributed by atoms with E-state index in [-0.39, 0.29) is 5.91 Å². The molecule has 20 heavy (non-hydrogen) atoms. The number of halogens is 3. The second kappa shape index (κ2) is 6.62. The van der Waals surface area contributed by atoms with Crippen LogP contribution in [-0.4, -0.2) is 5.91 Å². The molecular weight excluding hydrogens is 412 g/mol. The molecule has 0 saturated heterocycles. The standard InChI is InChI=1S/C13H10Cl2IN3O/c14-7-1-3-11(19-17)9(5-7)13(20)18-12-4-2-8(15)6-10(12)16/h1-6,19H,17H2,(H,18,20). The highest BCUT2D eigenvalue weighted by Gasteiger charge is 2.13. The van der Waals surface area contributed by atoms with Crippen molar-refractivity contribution in [2.24, 2.45) is 5.84 Å². The van der Waals surface area contributed by atoms with Gasteiger partial charge in [-0.25, -0.2) is 0 Å². The molecule has 0 radical (unpaired) electrons. The maximum Gasteiger partial charge on any atom is 0.257 e. The number of nitrogens with two attached hydrogens (primary N) is 1. The minimum absolute atomic E-state index is 0.305. The van der Waals surface area contributed by atoms with Gasteiger partial charge in [-0.2, -0.15) is 0 Å². The Kier molecular flexibility index (Phi) is 5.09. The fourth-order valence-corrected chi connectivity index (χ4v) is 2.79. The summed E-state index contributed by atoms with van der Waals surface area (Å²) in [5.41, 5.74) is 4.00. The summed E-state index contributed by atoms with van der Waals surface area (Å²) in [6.07, 6.45) is 0. The van der Waals surface area contributed by atoms with Gasteiger partial charge in [-0.05, 0) is 59.0 Å². The van der Waals surface area contributed by atoms with Crippen LogP contribution < -0.4 is 16.6 Å². The van der Waals surface area contributed by atoms with Gasteiger partial charge in [-0.1, -0.05) is 23.2 Å². The molecule has 0 aliphatic rings. The van der Waals surface area contributed by atoms with Gasteiger partial charge in [0.1, 0.15) is 0 Å². The molecule has 0 spiro atoms. The van der Waals surface area contributed by atoms with Gasteiger partial charge in [0.05, 0.1) is 16.9 Å². The first-order chi connectivity index (χ1) is 9.51. The van der Waals surface area contributed by atoms with E-state index in [0.29, 0.717) is 27.0 Å². The highest BCUT2D eigenvalue weighted by atomic mass is 127. The number of carbonyl (C=O) groups excluding carboxylic acids is 1. The average molecular weight is 422 g/mol. The summed E-state index contributed by atoms with van der Waals surface area (Å²) in [5.74, 6) is 5.08. The van der Waals surface area contributed by atoms with Crippen molar-refractivity contribution in [2.45, 2.75) is 0 Å². The van der Waals surface area contributed by atoms with Crippen LogP contribution >= 0.6 is 45.8 Å². The molecular formula is C13H10Cl2IN3O. The molecule has 0 aliphatic carbocycles. The molecule has 0 saturated carbocycles. The highest BCUT2D eigenvalue weighted by molar-refractivity contribution is 14.1. The molecule has 104 valence electrons. The first-order valence-corrected chi connectivity index (χ1v) is 7.37. The normalized spacial score (nSPS) is 10.2. The van der Waals surface area contributed by atoms with E-state index in [1.807, 2.05) is 0 Å². The minimum atomic E-state index is -0.305. The number of hydrazine groups is 1. The molecule has 0 bridgehead atoms. The van der Waals surface area contributed by atoms with Gasteiger partial charge in [0.2, 0.25) is 0 Å². The van der Waals surface area contributed by atoms with E-state index >= 15 is 0 Å². The SMILES string of the molecule is NNc1ccc(Cl)cc1C(=O)Nc1ccc(Cl)cc1I. The zero-order chi connectivity index (χ0) is 14.7. The van der Waals surface area contributed by atoms with Crippen LogP contribution in [0.25, 0.3) is 0 Å². The number of rotatable bonds is 3. The second-order valence-electron chi connectivity index (χ2n) is 3.91. The molecule has 2 aromatic rings. The van der Waals surface area contributed by atoms with E-state index in [4.69, 9.17) is 29.0 Å². The fraction of sp³-hybridized carbons (Fsp3) is 0. The number of anilines is 2. The van der Waals surface area contributed by atoms with Crippen molar-refractivity contribution in [3.05, 3.63) is 55.6 Å². The lowest BCUT2D eigenvalue weighted by Gasteiger charge is -2.11. The number of benzene rings is 2. The van der Waals surface area contributed by atoms with Crippen molar-refractivity contribution in [3.63, 3.8) is 0 Å². The molecule has 4 nitrogen and oxygen atoms in total. The molecule has 4 N–H and O–H groups in total. The number of nitrogen functional groups attached to an aromatic ring is 1. The first-order valence-electron chi connectivity index (χ1n) is 5.54. The minimum Gasteiger partial charge on any atom is -0.323 e. The molecule has 0 aromatic heterocycles. The van der Waals surface area contributed by atoms with E-state index in [0.717, 1.165) is 3.57 Å². The van der Waals surface area contributed by atoms with Crippen molar-refractivity contribution < 1.29 is 4.79 Å². The van der Waals surface area contributed by atoms with Crippen LogP contribution in [0.3, 0.4) is 0 Å². The predicted octanol–water partition coefficient (Wildman–Crippen LogP) is 4.14. The summed E-state index contributed by atoms with van der Waals surface area (Å²) in [6, 6.07) is 10.1. The third-order valence-corrected chi connectivity index (χ3v) is 3.92. The maximum atomic E-state index is 12.3. The van der Waals surface area contributed by atoms with Gasteiger partial charge >= 0.3 is 0 Å². The van der Waals surface area contributed by atoms with Crippen molar-refractivity contribution in [3.8, 4) is 0 Å². The molecule has 1 amide bonds. The summed E-state index contributed by atoms with van der Waals surface area (Å²) >= 11 is 13.9. The molecule has 2 rings (SSSR count). The van der Waals surface area contributed by atoms with Crippen molar-refractivity contribution in [1.29, 1.82) is 0 Å². The van der Waals surface area contributed by atoms with Crippen molar-refractivity contribution >= 4 is 63.1 Å². The lowest BCUT2D eigenvalue weighted by atomic mass is 10.1. The first kappa shape index (κ1) is 15.4. The van der Waals surface area contributed by atoms with E-state index in [2.05, 4.69) is 33.3 Å². The van der Waals surface area contributed by atoms with Gasteiger partial charge < -0.3 is 10.7 Å². The van der Waals surface area contributed by atoms with Crippen LogP contribution in [0, 0.1) is 3.57 Å². The summed E-state index contributed by atoms with van der Waals surface area (Å²) < 4.78 is 0.840. The summed E-state index contributed by atoms with van der Waals surface area (Å²) in [5, 5.41) is 3.87. The zero-order valence-corrected chi connectivity index (χ0v) is 13.8. The summed E-state index contributed by atoms with van der Waals surface area (Å²) in [6.45, 7) is 0. The third-order valence-electron chi connectivity index (χ3n) is 2.56. The smallest absolute Gasteiger partial charge is 0.257 e. The van der Waals surface area contributed by atoms with Crippen molar-refractivity contribution in [1.82, 2.24) is 0 Å². The number of hydrogen-bond donors (Lipinski definition) is 3. The second-order valence-corrected chi connectivity index (χ2v) is 5.95. The Morgan fingerprint density at radius 3 is 2.25 bits per heavy atom. The Balaban J connectivity index is 2.30. The summed E-state index contributed by atoms with van der Waals surface area (Å²) in [7, 11) is 0. The number of hydrogen-bond acceptors (Lipinski definition) is 3. The van der Waals surface area contributed by atoms with Crippen LogP contribution in [-0.2, 0) is 0 Å². The van der Waals surface area contributed by atoms with Crippen LogP contribution in [0.5, 0.6) is 0 Å². The Labute approximate surface area is 139 Å². The van der Waals surface area contributed by atoms with Crippen LogP contribution in [0.2, 0.25) is 10.0 Å². The number of nitrogens with one attached hydrogen (secondary N) is 2. The predicted molar refractivity (Wildman–Crippen MR) is 91.4 cm³/mol. The molecule has 0 aliphatic heterocycles. The Morgan fingerprint density at radius 2 is 1.65 bits per heavy atom. The molecule has 7 heteroatoms. The molecule has 0 fully saturated rings. The zero-order valence-electron chi connectivity index (χ0n) is 10.1. The topological polar surface area (TPSA) is 67.1 Å². The van der Waals surface area contributed by atoms with Crippen LogP contribution in [0.1, 0.15) is 10.4 Å². The monoisotopic (exact) mass is 421 g/mol. The van der Waals surface area contributed by atoms with Crippen LogP contribution in [0.15, 0.2) is 36.4 Å². The van der Waals surface area contributed by atoms with E-state index < -0.39 is 0 Å². The molecule has 0 unspecified atom stereocenters. The average Bonchev–Trinajstić information content (AvgIpc) is 2.41. The fourth-order valence-electron chi connectivity index (χ4n) is 1.61. The third kappa shape index (κ3) is 3.54. The van der Waals surface area contributed by atoms with Gasteiger partial charge in [-0.3, -0.25) is 10.6 Å². The number of amides is 1. The lowest BCUT2D eigenvalue weighted by Crippen LogP contribution is -2.17. The van der Waals surface area contributed by atoms with E-state index in [1.165, 1.54) is 0 Å². The number of carbonyl (C=O) groups is 1. The summed E-state index contributed by atoms with van der Waals surface area (Å²) in [4.78, 5) is 12.3. The maximum absolute atomic E-state index is 12.3. The quantitative estimate of drug-likeness (QED) is 0.396. The van der Waals surface area contributed by atoms with Gasteiger partial charge in [-0.15, -0.1) is 0 Å². The Hall–Kier alpha value is -1.02. The highest BCUT2D eigenvalue weighted by Crippen LogP contribution is 2.25. The lowest BCUT2D eigenvalue weighted by molar-refractivity contribution is 0.102. The van der Waals surface area contributed by atoms with Crippen LogP contribution in [0.4, 0.5) is 11.4 Å². The largest absolute Gasteiger partial charge is 0.323 e. The Bertz CT molecular complexity index is 664. The van der Waals surface area contributed by atoms with Gasteiger partial charge in [0.15, 0.2) is 0 Å². The molecule has 2 aromatic carbocycles. The van der Waals surface area contributed by atoms with Crippen molar-refractivity contribution in [2.75, 3.05) is 10.7 Å². The van der Waals surface area contributed by atoms with Gasteiger partial charge in [0.25, 0.3) is 5.91 Å². The van der Waals surface area contributed by atoms with E-state index in [1.54, 1.807) is 36.4 Å². The van der Waals surface area contributed by atoms with E-state index in [9.17, 15) is 4.79 Å². The Morgan fingerprint density at radius 1 is 1.05 bits per heavy atom. The molecule has 0 atom stereocenters.